The van der Waals surface area contributed by atoms with Crippen molar-refractivity contribution in [1.29, 1.82) is 0 Å². The fourth-order valence-electron chi connectivity index (χ4n) is 1.79. The minimum Gasteiger partial charge on any atom is -0.495 e. The molecule has 5 heteroatoms. The number of nitrogen functional groups attached to an aromatic ring is 1. The average Bonchev–Trinajstić information content (AvgIpc) is 2.47. The maximum Gasteiger partial charge on any atom is 0.262 e. The molecule has 2 aromatic rings. The zero-order chi connectivity index (χ0) is 15.2. The first-order valence-electron chi connectivity index (χ1n) is 6.51. The first-order chi connectivity index (χ1) is 10.1. The van der Waals surface area contributed by atoms with Gasteiger partial charge in [-0.25, -0.2) is 0 Å². The van der Waals surface area contributed by atoms with Crippen molar-refractivity contribution in [3.05, 3.63) is 48.0 Å². The smallest absolute Gasteiger partial charge is 0.262 e. The number of methoxy groups -OCH3 is 1. The van der Waals surface area contributed by atoms with Crippen LogP contribution in [0.3, 0.4) is 0 Å². The number of amides is 1. The van der Waals surface area contributed by atoms with Crippen molar-refractivity contribution in [3.8, 4) is 11.5 Å². The minimum absolute atomic E-state index is 0.0605. The molecule has 0 atom stereocenters. The largest absolute Gasteiger partial charge is 0.495 e. The van der Waals surface area contributed by atoms with Gasteiger partial charge in [0.25, 0.3) is 5.91 Å². The molecule has 3 N–H and O–H groups in total. The molecule has 21 heavy (non-hydrogen) atoms. The zero-order valence-electron chi connectivity index (χ0n) is 12.1. The van der Waals surface area contributed by atoms with Gasteiger partial charge in [-0.2, -0.15) is 0 Å². The van der Waals surface area contributed by atoms with E-state index in [2.05, 4.69) is 5.32 Å². The van der Waals surface area contributed by atoms with Crippen molar-refractivity contribution in [2.45, 2.75) is 6.92 Å². The molecule has 0 saturated heterocycles. The Kier molecular flexibility index (Phi) is 4.66. The number of hydrogen-bond acceptors (Lipinski definition) is 4. The second kappa shape index (κ2) is 6.65. The summed E-state index contributed by atoms with van der Waals surface area (Å²) in [7, 11) is 1.54. The van der Waals surface area contributed by atoms with E-state index in [9.17, 15) is 4.79 Å². The summed E-state index contributed by atoms with van der Waals surface area (Å²) in [4.78, 5) is 11.8. The van der Waals surface area contributed by atoms with Crippen LogP contribution in [0.1, 0.15) is 5.56 Å². The number of nitrogens with one attached hydrogen (secondary N) is 1. The Labute approximate surface area is 123 Å². The fourth-order valence-corrected chi connectivity index (χ4v) is 1.79. The second-order valence-electron chi connectivity index (χ2n) is 4.61. The number of carbonyl (C=O) groups is 1. The molecule has 1 amide bonds. The Balaban J connectivity index is 1.89. The lowest BCUT2D eigenvalue weighted by atomic mass is 10.2. The van der Waals surface area contributed by atoms with Gasteiger partial charge in [-0.1, -0.05) is 17.7 Å². The van der Waals surface area contributed by atoms with Crippen LogP contribution in [-0.2, 0) is 4.79 Å². The third-order valence-electron chi connectivity index (χ3n) is 2.90. The van der Waals surface area contributed by atoms with Crippen LogP contribution in [0, 0.1) is 6.92 Å². The van der Waals surface area contributed by atoms with Crippen molar-refractivity contribution in [1.82, 2.24) is 0 Å². The van der Waals surface area contributed by atoms with Crippen LogP contribution in [0.15, 0.2) is 42.5 Å². The molecular formula is C16H18N2O3. The summed E-state index contributed by atoms with van der Waals surface area (Å²) in [5.41, 5.74) is 7.99. The minimum atomic E-state index is -0.250. The molecule has 0 saturated carbocycles. The van der Waals surface area contributed by atoms with E-state index in [0.717, 1.165) is 5.56 Å². The van der Waals surface area contributed by atoms with Crippen molar-refractivity contribution in [2.75, 3.05) is 24.8 Å². The van der Waals surface area contributed by atoms with Crippen LogP contribution in [0.25, 0.3) is 0 Å². The quantitative estimate of drug-likeness (QED) is 0.829. The summed E-state index contributed by atoms with van der Waals surface area (Å²) in [6, 6.07) is 12.6. The predicted octanol–water partition coefficient (Wildman–Crippen LogP) is 2.60. The molecule has 0 spiro atoms. The highest BCUT2D eigenvalue weighted by atomic mass is 16.5. The number of benzene rings is 2. The number of aryl methyl sites for hydroxylation is 1. The predicted molar refractivity (Wildman–Crippen MR) is 82.7 cm³/mol. The third-order valence-corrected chi connectivity index (χ3v) is 2.90. The normalized spacial score (nSPS) is 10.0. The maximum atomic E-state index is 11.8. The van der Waals surface area contributed by atoms with Gasteiger partial charge < -0.3 is 20.5 Å². The molecule has 2 aromatic carbocycles. The molecule has 0 aliphatic rings. The Morgan fingerprint density at radius 1 is 1.19 bits per heavy atom. The van der Waals surface area contributed by atoms with Gasteiger partial charge in [-0.05, 0) is 37.3 Å². The van der Waals surface area contributed by atoms with Gasteiger partial charge in [-0.3, -0.25) is 4.79 Å². The van der Waals surface area contributed by atoms with Crippen LogP contribution in [0.4, 0.5) is 11.4 Å². The van der Waals surface area contributed by atoms with Gasteiger partial charge in [0, 0.05) is 5.69 Å². The summed E-state index contributed by atoms with van der Waals surface area (Å²) in [5.74, 6) is 0.981. The number of rotatable bonds is 5. The summed E-state index contributed by atoms with van der Waals surface area (Å²) >= 11 is 0. The van der Waals surface area contributed by atoms with Gasteiger partial charge in [0.1, 0.15) is 11.5 Å². The van der Waals surface area contributed by atoms with Gasteiger partial charge in [0.15, 0.2) is 6.61 Å². The highest BCUT2D eigenvalue weighted by Gasteiger charge is 2.06. The molecule has 0 radical (unpaired) electrons. The molecule has 0 unspecified atom stereocenters. The van der Waals surface area contributed by atoms with Crippen LogP contribution >= 0.6 is 0 Å². The number of carbonyl (C=O) groups excluding carboxylic acids is 1. The highest BCUT2D eigenvalue weighted by molar-refractivity contribution is 5.92. The lowest BCUT2D eigenvalue weighted by molar-refractivity contribution is -0.118. The molecular weight excluding hydrogens is 268 g/mol. The Morgan fingerprint density at radius 2 is 1.90 bits per heavy atom. The van der Waals surface area contributed by atoms with E-state index < -0.39 is 0 Å². The molecule has 0 fully saturated rings. The number of nitrogens with two attached hydrogens (primary N) is 1. The van der Waals surface area contributed by atoms with Gasteiger partial charge in [0.05, 0.1) is 12.8 Å². The molecule has 0 aliphatic carbocycles. The topological polar surface area (TPSA) is 73.6 Å². The number of hydrogen-bond donors (Lipinski definition) is 2. The summed E-state index contributed by atoms with van der Waals surface area (Å²) in [6.07, 6.45) is 0. The van der Waals surface area contributed by atoms with Crippen molar-refractivity contribution >= 4 is 17.3 Å². The lowest BCUT2D eigenvalue weighted by Gasteiger charge is -2.10. The number of ether oxygens (including phenoxy) is 2. The van der Waals surface area contributed by atoms with E-state index in [1.807, 2.05) is 31.2 Å². The van der Waals surface area contributed by atoms with E-state index in [1.54, 1.807) is 25.3 Å². The molecule has 110 valence electrons. The van der Waals surface area contributed by atoms with Gasteiger partial charge in [-0.15, -0.1) is 0 Å². The molecule has 0 heterocycles. The zero-order valence-corrected chi connectivity index (χ0v) is 12.1. The highest BCUT2D eigenvalue weighted by Crippen LogP contribution is 2.24. The first-order valence-corrected chi connectivity index (χ1v) is 6.51. The van der Waals surface area contributed by atoms with Crippen molar-refractivity contribution in [2.24, 2.45) is 0 Å². The molecule has 0 aliphatic heterocycles. The SMILES string of the molecule is COc1ccc(NC(=O)COc2ccc(C)cc2)cc1N. The van der Waals surface area contributed by atoms with Gasteiger partial charge in [0.2, 0.25) is 0 Å². The summed E-state index contributed by atoms with van der Waals surface area (Å²) in [5, 5.41) is 2.72. The molecule has 2 rings (SSSR count). The van der Waals surface area contributed by atoms with E-state index in [0.29, 0.717) is 22.9 Å². The van der Waals surface area contributed by atoms with Crippen LogP contribution in [0.2, 0.25) is 0 Å². The summed E-state index contributed by atoms with van der Waals surface area (Å²) < 4.78 is 10.5. The lowest BCUT2D eigenvalue weighted by Crippen LogP contribution is -2.20. The molecule has 0 aromatic heterocycles. The second-order valence-corrected chi connectivity index (χ2v) is 4.61. The summed E-state index contributed by atoms with van der Waals surface area (Å²) in [6.45, 7) is 1.93. The van der Waals surface area contributed by atoms with E-state index >= 15 is 0 Å². The van der Waals surface area contributed by atoms with Gasteiger partial charge >= 0.3 is 0 Å². The van der Waals surface area contributed by atoms with E-state index in [1.165, 1.54) is 0 Å². The third kappa shape index (κ3) is 4.14. The molecule has 0 bridgehead atoms. The van der Waals surface area contributed by atoms with Crippen molar-refractivity contribution in [3.63, 3.8) is 0 Å². The maximum absolute atomic E-state index is 11.8. The fraction of sp³-hybridized carbons (Fsp3) is 0.188. The molecule has 5 nitrogen and oxygen atoms in total. The van der Waals surface area contributed by atoms with E-state index in [-0.39, 0.29) is 12.5 Å². The van der Waals surface area contributed by atoms with Crippen LogP contribution < -0.4 is 20.5 Å². The number of anilines is 2. The van der Waals surface area contributed by atoms with Crippen molar-refractivity contribution < 1.29 is 14.3 Å². The Bertz CT molecular complexity index is 624. The Hall–Kier alpha value is -2.69. The van der Waals surface area contributed by atoms with E-state index in [4.69, 9.17) is 15.2 Å². The Morgan fingerprint density at radius 3 is 2.52 bits per heavy atom. The average molecular weight is 286 g/mol. The standard InChI is InChI=1S/C16H18N2O3/c1-11-3-6-13(7-4-11)21-10-16(19)18-12-5-8-15(20-2)14(17)9-12/h3-9H,10,17H2,1-2H3,(H,18,19). The van der Waals surface area contributed by atoms with Crippen LogP contribution in [0.5, 0.6) is 11.5 Å². The van der Waals surface area contributed by atoms with Crippen LogP contribution in [-0.4, -0.2) is 19.6 Å². The monoisotopic (exact) mass is 286 g/mol. The first kappa shape index (κ1) is 14.7.